The fraction of sp³-hybridized carbons (Fsp3) is 0.136. The Balaban J connectivity index is 2.00. The molecule has 3 aromatic carbocycles. The largest absolute Gasteiger partial charge is 0.508 e. The van der Waals surface area contributed by atoms with Crippen LogP contribution in [0.4, 0.5) is 4.39 Å². The Morgan fingerprint density at radius 1 is 1.03 bits per heavy atom. The summed E-state index contributed by atoms with van der Waals surface area (Å²) in [6, 6.07) is 14.0. The Labute approximate surface area is 177 Å². The number of benzene rings is 3. The average Bonchev–Trinajstić information content (AvgIpc) is 3.03. The third kappa shape index (κ3) is 3.57. The molecule has 31 heavy (non-hydrogen) atoms. The summed E-state index contributed by atoms with van der Waals surface area (Å²) in [5, 5.41) is 10.2. The lowest BCUT2D eigenvalue weighted by molar-refractivity contribution is 0.415. The van der Waals surface area contributed by atoms with E-state index in [-0.39, 0.29) is 28.1 Å². The first-order valence-corrected chi connectivity index (χ1v) is 10.8. The highest BCUT2D eigenvalue weighted by Gasteiger charge is 2.26. The van der Waals surface area contributed by atoms with Gasteiger partial charge in [-0.15, -0.1) is 0 Å². The van der Waals surface area contributed by atoms with Gasteiger partial charge in [-0.2, -0.15) is 12.5 Å². The zero-order valence-corrected chi connectivity index (χ0v) is 17.6. The van der Waals surface area contributed by atoms with Gasteiger partial charge in [0.2, 0.25) is 0 Å². The highest BCUT2D eigenvalue weighted by Crippen LogP contribution is 2.27. The molecule has 1 aromatic heterocycles. The summed E-state index contributed by atoms with van der Waals surface area (Å²) in [5.41, 5.74) is 0.678. The molecule has 1 N–H and O–H groups in total. The van der Waals surface area contributed by atoms with E-state index in [1.807, 2.05) is 0 Å². The minimum atomic E-state index is -4.26. The molecule has 0 saturated carbocycles. The van der Waals surface area contributed by atoms with Crippen LogP contribution in [-0.2, 0) is 16.6 Å². The molecule has 0 bridgehead atoms. The predicted octanol–water partition coefficient (Wildman–Crippen LogP) is 3.25. The number of rotatable bonds is 5. The third-order valence-corrected chi connectivity index (χ3v) is 6.74. The van der Waals surface area contributed by atoms with Gasteiger partial charge < -0.3 is 9.84 Å². The van der Waals surface area contributed by atoms with Gasteiger partial charge >= 0.3 is 0 Å². The van der Waals surface area contributed by atoms with E-state index >= 15 is 0 Å². The number of hydrogen-bond acceptors (Lipinski definition) is 5. The van der Waals surface area contributed by atoms with Gasteiger partial charge in [-0.05, 0) is 54.4 Å². The molecule has 0 amide bonds. The van der Waals surface area contributed by atoms with E-state index in [0.29, 0.717) is 16.9 Å². The standard InChI is InChI=1S/C22H19FN2O5S/c1-14-3-9-18(12-21(14)26)31(28,29)25-20-10-8-17(30-2)11-19(20)22(27)24(25)13-15-4-6-16(23)7-5-15/h3-12,26H,13H2,1-2H3. The van der Waals surface area contributed by atoms with Crippen LogP contribution in [0.15, 0.2) is 70.4 Å². The summed E-state index contributed by atoms with van der Waals surface area (Å²) in [4.78, 5) is 13.0. The van der Waals surface area contributed by atoms with Crippen LogP contribution in [0.2, 0.25) is 0 Å². The summed E-state index contributed by atoms with van der Waals surface area (Å²) in [7, 11) is -2.81. The molecule has 1 heterocycles. The van der Waals surface area contributed by atoms with Gasteiger partial charge in [0, 0.05) is 6.07 Å². The molecule has 7 nitrogen and oxygen atoms in total. The first-order chi connectivity index (χ1) is 14.7. The molecule has 0 radical (unpaired) electrons. The molecule has 160 valence electrons. The molecule has 0 fully saturated rings. The summed E-state index contributed by atoms with van der Waals surface area (Å²) in [6.07, 6.45) is 0. The Kier molecular flexibility index (Phi) is 5.06. The Bertz CT molecular complexity index is 1450. The van der Waals surface area contributed by atoms with Crippen molar-refractivity contribution in [2.24, 2.45) is 0 Å². The minimum Gasteiger partial charge on any atom is -0.508 e. The molecular formula is C22H19FN2O5S. The van der Waals surface area contributed by atoms with Crippen molar-refractivity contribution < 1.29 is 22.7 Å². The third-order valence-electron chi connectivity index (χ3n) is 5.05. The van der Waals surface area contributed by atoms with Crippen molar-refractivity contribution in [2.75, 3.05) is 7.11 Å². The maximum atomic E-state index is 13.5. The molecule has 0 aliphatic carbocycles. The van der Waals surface area contributed by atoms with E-state index in [2.05, 4.69) is 0 Å². The second kappa shape index (κ2) is 7.59. The number of aryl methyl sites for hydroxylation is 1. The van der Waals surface area contributed by atoms with Gasteiger partial charge in [0.25, 0.3) is 15.6 Å². The van der Waals surface area contributed by atoms with Crippen LogP contribution in [0.1, 0.15) is 11.1 Å². The number of aromatic nitrogens is 2. The SMILES string of the molecule is COc1ccc2c(c1)c(=O)n(Cc1ccc(F)cc1)n2S(=O)(=O)c1ccc(C)c(O)c1. The van der Waals surface area contributed by atoms with Gasteiger partial charge in [0.05, 0.1) is 29.5 Å². The number of phenolic OH excluding ortho intramolecular Hbond substituents is 1. The second-order valence-corrected chi connectivity index (χ2v) is 8.84. The van der Waals surface area contributed by atoms with E-state index in [1.54, 1.807) is 13.0 Å². The number of ether oxygens (including phenoxy) is 1. The first kappa shape index (κ1) is 20.7. The van der Waals surface area contributed by atoms with Crippen molar-refractivity contribution in [2.45, 2.75) is 18.4 Å². The molecule has 0 saturated heterocycles. The first-order valence-electron chi connectivity index (χ1n) is 9.31. The quantitative estimate of drug-likeness (QED) is 0.512. The number of hydrogen-bond donors (Lipinski definition) is 1. The van der Waals surface area contributed by atoms with Crippen LogP contribution in [0.25, 0.3) is 10.9 Å². The van der Waals surface area contributed by atoms with Crippen LogP contribution in [-0.4, -0.2) is 29.4 Å². The van der Waals surface area contributed by atoms with Gasteiger partial charge in [0.1, 0.15) is 17.3 Å². The van der Waals surface area contributed by atoms with Crippen molar-refractivity contribution in [1.29, 1.82) is 0 Å². The molecular weight excluding hydrogens is 423 g/mol. The van der Waals surface area contributed by atoms with Crippen molar-refractivity contribution >= 4 is 20.9 Å². The summed E-state index contributed by atoms with van der Waals surface area (Å²) in [5.74, 6) is -0.211. The molecule has 0 spiro atoms. The molecule has 0 unspecified atom stereocenters. The van der Waals surface area contributed by atoms with Gasteiger partial charge in [-0.1, -0.05) is 18.2 Å². The van der Waals surface area contributed by atoms with Crippen molar-refractivity contribution in [1.82, 2.24) is 8.77 Å². The minimum absolute atomic E-state index is 0.104. The van der Waals surface area contributed by atoms with Gasteiger partial charge in [0.15, 0.2) is 0 Å². The second-order valence-electron chi connectivity index (χ2n) is 7.07. The maximum Gasteiger partial charge on any atom is 0.282 e. The number of phenols is 1. The van der Waals surface area contributed by atoms with E-state index in [0.717, 1.165) is 14.8 Å². The lowest BCUT2D eigenvalue weighted by atomic mass is 10.2. The van der Waals surface area contributed by atoms with Crippen LogP contribution in [0.5, 0.6) is 11.5 Å². The van der Waals surface area contributed by atoms with Crippen molar-refractivity contribution in [3.05, 3.63) is 88.0 Å². The van der Waals surface area contributed by atoms with Gasteiger partial charge in [-0.25, -0.2) is 9.07 Å². The zero-order valence-electron chi connectivity index (χ0n) is 16.7. The fourth-order valence-electron chi connectivity index (χ4n) is 3.34. The van der Waals surface area contributed by atoms with E-state index in [9.17, 15) is 22.7 Å². The average molecular weight is 442 g/mol. The van der Waals surface area contributed by atoms with E-state index in [1.165, 1.54) is 55.6 Å². The molecule has 0 atom stereocenters. The summed E-state index contributed by atoms with van der Waals surface area (Å²) in [6.45, 7) is 1.54. The number of methoxy groups -OCH3 is 1. The smallest absolute Gasteiger partial charge is 0.282 e. The highest BCUT2D eigenvalue weighted by atomic mass is 32.2. The lowest BCUT2D eigenvalue weighted by Gasteiger charge is -2.14. The van der Waals surface area contributed by atoms with Crippen LogP contribution < -0.4 is 10.3 Å². The number of fused-ring (bicyclic) bond motifs is 1. The van der Waals surface area contributed by atoms with Crippen LogP contribution in [0, 0.1) is 12.7 Å². The zero-order chi connectivity index (χ0) is 22.3. The Hall–Kier alpha value is -3.59. The number of aromatic hydroxyl groups is 1. The fourth-order valence-corrected chi connectivity index (χ4v) is 4.85. The van der Waals surface area contributed by atoms with Crippen molar-refractivity contribution in [3.63, 3.8) is 0 Å². The van der Waals surface area contributed by atoms with Crippen molar-refractivity contribution in [3.8, 4) is 11.5 Å². The molecule has 4 rings (SSSR count). The molecule has 0 aliphatic heterocycles. The molecule has 0 aliphatic rings. The van der Waals surface area contributed by atoms with E-state index in [4.69, 9.17) is 4.74 Å². The number of halogens is 1. The van der Waals surface area contributed by atoms with Crippen LogP contribution >= 0.6 is 0 Å². The van der Waals surface area contributed by atoms with E-state index < -0.39 is 21.4 Å². The maximum absolute atomic E-state index is 13.5. The lowest BCUT2D eigenvalue weighted by Crippen LogP contribution is -2.28. The summed E-state index contributed by atoms with van der Waals surface area (Å²) >= 11 is 0. The van der Waals surface area contributed by atoms with Gasteiger partial charge in [-0.3, -0.25) is 4.79 Å². The topological polar surface area (TPSA) is 90.5 Å². The summed E-state index contributed by atoms with van der Waals surface area (Å²) < 4.78 is 47.6. The highest BCUT2D eigenvalue weighted by molar-refractivity contribution is 7.90. The molecule has 4 aromatic rings. The Morgan fingerprint density at radius 3 is 2.39 bits per heavy atom. The normalized spacial score (nSPS) is 11.7. The Morgan fingerprint density at radius 2 is 1.74 bits per heavy atom. The monoisotopic (exact) mass is 442 g/mol. The number of nitrogens with zero attached hydrogens (tertiary/aromatic N) is 2. The van der Waals surface area contributed by atoms with Crippen LogP contribution in [0.3, 0.4) is 0 Å². The predicted molar refractivity (Wildman–Crippen MR) is 114 cm³/mol. The molecule has 9 heteroatoms.